The average molecular weight is 226 g/mol. The van der Waals surface area contributed by atoms with Crippen molar-refractivity contribution in [3.05, 3.63) is 24.0 Å². The Morgan fingerprint density at radius 1 is 1.56 bits per heavy atom. The van der Waals surface area contributed by atoms with E-state index in [0.717, 1.165) is 0 Å². The molecule has 90 valence electrons. The molecule has 0 bridgehead atoms. The Balaban J connectivity index is 4.06. The van der Waals surface area contributed by atoms with Gasteiger partial charge in [0, 0.05) is 0 Å². The van der Waals surface area contributed by atoms with Crippen LogP contribution in [0.15, 0.2) is 24.0 Å². The third kappa shape index (κ3) is 5.98. The summed E-state index contributed by atoms with van der Waals surface area (Å²) < 4.78 is 0. The quantitative estimate of drug-likeness (QED) is 0.348. The van der Waals surface area contributed by atoms with Crippen LogP contribution in [-0.4, -0.2) is 29.4 Å². The number of carbonyl (C=O) groups is 2. The van der Waals surface area contributed by atoms with Gasteiger partial charge in [0.1, 0.15) is 12.0 Å². The Hall–Kier alpha value is -1.62. The number of rotatable bonds is 6. The monoisotopic (exact) mass is 226 g/mol. The zero-order valence-corrected chi connectivity index (χ0v) is 9.51. The maximum atomic E-state index is 11.4. The first kappa shape index (κ1) is 14.4. The number of hydrogen-bond donors (Lipinski definition) is 3. The molecule has 0 aromatic rings. The number of carbonyl (C=O) groups excluding carboxylic acids is 2. The molecule has 0 radical (unpaired) electrons. The number of allylic oxidation sites excluding steroid dienone is 2. The molecule has 0 aliphatic rings. The first-order valence-corrected chi connectivity index (χ1v) is 5.04. The minimum absolute atomic E-state index is 0.119. The molecule has 16 heavy (non-hydrogen) atoms. The van der Waals surface area contributed by atoms with Crippen LogP contribution in [0.1, 0.15) is 20.3 Å². The number of nitrogens with one attached hydrogen (secondary N) is 1. The fraction of sp³-hybridized carbons (Fsp3) is 0.455. The summed E-state index contributed by atoms with van der Waals surface area (Å²) in [4.78, 5) is 21.6. The number of nitrogens with two attached hydrogens (primary N) is 1. The molecule has 0 saturated carbocycles. The van der Waals surface area contributed by atoms with Gasteiger partial charge in [-0.05, 0) is 32.4 Å². The first-order valence-electron chi connectivity index (χ1n) is 5.04. The molecule has 0 aromatic heterocycles. The lowest BCUT2D eigenvalue weighted by Gasteiger charge is -2.11. The normalized spacial score (nSPS) is 15.8. The van der Waals surface area contributed by atoms with Crippen molar-refractivity contribution < 1.29 is 14.7 Å². The summed E-state index contributed by atoms with van der Waals surface area (Å²) in [6.07, 6.45) is 5.53. The third-order valence-electron chi connectivity index (χ3n) is 1.89. The van der Waals surface area contributed by atoms with Crippen LogP contribution in [0.5, 0.6) is 0 Å². The van der Waals surface area contributed by atoms with Crippen LogP contribution in [0.2, 0.25) is 0 Å². The second kappa shape index (κ2) is 7.64. The third-order valence-corrected chi connectivity index (χ3v) is 1.89. The van der Waals surface area contributed by atoms with Crippen LogP contribution < -0.4 is 11.1 Å². The number of aliphatic hydroxyl groups is 1. The minimum Gasteiger partial charge on any atom is -0.508 e. The molecule has 0 spiro atoms. The van der Waals surface area contributed by atoms with Gasteiger partial charge in [-0.1, -0.05) is 6.08 Å². The van der Waals surface area contributed by atoms with E-state index in [-0.39, 0.29) is 11.7 Å². The molecule has 0 heterocycles. The molecule has 0 saturated heterocycles. The second-order valence-corrected chi connectivity index (χ2v) is 3.39. The van der Waals surface area contributed by atoms with Crippen LogP contribution in [-0.2, 0) is 9.59 Å². The van der Waals surface area contributed by atoms with E-state index in [1.807, 2.05) is 0 Å². The van der Waals surface area contributed by atoms with E-state index in [1.165, 1.54) is 12.2 Å². The lowest BCUT2D eigenvalue weighted by molar-refractivity contribution is -0.124. The van der Waals surface area contributed by atoms with E-state index in [9.17, 15) is 9.59 Å². The lowest BCUT2D eigenvalue weighted by Crippen LogP contribution is -2.44. The predicted molar refractivity (Wildman–Crippen MR) is 61.8 cm³/mol. The fourth-order valence-electron chi connectivity index (χ4n) is 0.904. The Morgan fingerprint density at radius 2 is 2.19 bits per heavy atom. The maximum Gasteiger partial charge on any atom is 0.237 e. The Bertz CT molecular complexity index is 298. The molecule has 0 aliphatic heterocycles. The summed E-state index contributed by atoms with van der Waals surface area (Å²) in [6.45, 7) is 3.26. The SMILES string of the molecule is C/C=C(O)\C=C/CC(N)C(=O)N[C@@H](C)C=O. The molecule has 5 heteroatoms. The van der Waals surface area contributed by atoms with Crippen molar-refractivity contribution in [1.82, 2.24) is 5.32 Å². The van der Waals surface area contributed by atoms with Crippen molar-refractivity contribution in [2.45, 2.75) is 32.4 Å². The predicted octanol–water partition coefficient (Wildman–Crippen LogP) is 0.425. The number of hydrogen-bond acceptors (Lipinski definition) is 4. The standard InChI is InChI=1S/C11H18N2O3/c1-3-9(15)5-4-6-10(12)11(16)13-8(2)7-14/h3-5,7-8,10,15H,6,12H2,1-2H3,(H,13,16)/b5-4-,9-3+/t8-,10?/m0/s1. The molecule has 2 atom stereocenters. The van der Waals surface area contributed by atoms with Crippen molar-refractivity contribution >= 4 is 12.2 Å². The van der Waals surface area contributed by atoms with E-state index in [2.05, 4.69) is 5.32 Å². The van der Waals surface area contributed by atoms with Crippen molar-refractivity contribution in [3.8, 4) is 0 Å². The minimum atomic E-state index is -0.719. The summed E-state index contributed by atoms with van der Waals surface area (Å²) in [5.41, 5.74) is 5.57. The molecule has 0 fully saturated rings. The van der Waals surface area contributed by atoms with Gasteiger partial charge in [-0.2, -0.15) is 0 Å². The lowest BCUT2D eigenvalue weighted by atomic mass is 10.2. The average Bonchev–Trinajstić information content (AvgIpc) is 2.28. The van der Waals surface area contributed by atoms with E-state index in [0.29, 0.717) is 12.7 Å². The molecule has 1 unspecified atom stereocenters. The van der Waals surface area contributed by atoms with Crippen molar-refractivity contribution in [1.29, 1.82) is 0 Å². The first-order chi connectivity index (χ1) is 7.51. The van der Waals surface area contributed by atoms with E-state index in [1.54, 1.807) is 19.9 Å². The second-order valence-electron chi connectivity index (χ2n) is 3.39. The van der Waals surface area contributed by atoms with Crippen LogP contribution in [0, 0.1) is 0 Å². The molecular formula is C11H18N2O3. The van der Waals surface area contributed by atoms with Crippen LogP contribution in [0.25, 0.3) is 0 Å². The van der Waals surface area contributed by atoms with E-state index in [4.69, 9.17) is 10.8 Å². The highest BCUT2D eigenvalue weighted by Crippen LogP contribution is 1.96. The zero-order valence-electron chi connectivity index (χ0n) is 9.51. The van der Waals surface area contributed by atoms with Gasteiger partial charge in [0.25, 0.3) is 0 Å². The highest BCUT2D eigenvalue weighted by Gasteiger charge is 2.13. The highest BCUT2D eigenvalue weighted by molar-refractivity contribution is 5.84. The van der Waals surface area contributed by atoms with E-state index < -0.39 is 12.1 Å². The molecule has 0 rings (SSSR count). The van der Waals surface area contributed by atoms with Crippen molar-refractivity contribution in [3.63, 3.8) is 0 Å². The smallest absolute Gasteiger partial charge is 0.237 e. The summed E-state index contributed by atoms with van der Waals surface area (Å²) in [7, 11) is 0. The fourth-order valence-corrected chi connectivity index (χ4v) is 0.904. The zero-order chi connectivity index (χ0) is 12.6. The molecule has 1 amide bonds. The van der Waals surface area contributed by atoms with Gasteiger partial charge < -0.3 is 21.0 Å². The molecular weight excluding hydrogens is 208 g/mol. The number of amides is 1. The summed E-state index contributed by atoms with van der Waals surface area (Å²) in [5, 5.41) is 11.5. The largest absolute Gasteiger partial charge is 0.508 e. The van der Waals surface area contributed by atoms with Gasteiger partial charge in [-0.15, -0.1) is 0 Å². The van der Waals surface area contributed by atoms with Gasteiger partial charge in [-0.3, -0.25) is 4.79 Å². The Morgan fingerprint density at radius 3 is 2.69 bits per heavy atom. The number of aliphatic hydroxyl groups excluding tert-OH is 1. The summed E-state index contributed by atoms with van der Waals surface area (Å²) >= 11 is 0. The molecule has 5 nitrogen and oxygen atoms in total. The Labute approximate surface area is 95.0 Å². The van der Waals surface area contributed by atoms with Crippen LogP contribution in [0.3, 0.4) is 0 Å². The van der Waals surface area contributed by atoms with Crippen LogP contribution in [0.4, 0.5) is 0 Å². The maximum absolute atomic E-state index is 11.4. The molecule has 0 aromatic carbocycles. The van der Waals surface area contributed by atoms with E-state index >= 15 is 0 Å². The van der Waals surface area contributed by atoms with Gasteiger partial charge in [0.15, 0.2) is 0 Å². The van der Waals surface area contributed by atoms with Gasteiger partial charge in [0.05, 0.1) is 12.1 Å². The van der Waals surface area contributed by atoms with Crippen LogP contribution >= 0.6 is 0 Å². The van der Waals surface area contributed by atoms with Crippen molar-refractivity contribution in [2.75, 3.05) is 0 Å². The van der Waals surface area contributed by atoms with Crippen molar-refractivity contribution in [2.24, 2.45) is 5.73 Å². The molecule has 4 N–H and O–H groups in total. The summed E-state index contributed by atoms with van der Waals surface area (Å²) in [5.74, 6) is -0.266. The highest BCUT2D eigenvalue weighted by atomic mass is 16.3. The summed E-state index contributed by atoms with van der Waals surface area (Å²) in [6, 6.07) is -1.25. The van der Waals surface area contributed by atoms with Gasteiger partial charge in [0.2, 0.25) is 5.91 Å². The Kier molecular flexibility index (Phi) is 6.87. The van der Waals surface area contributed by atoms with Gasteiger partial charge in [-0.25, -0.2) is 0 Å². The number of aldehydes is 1. The topological polar surface area (TPSA) is 92.4 Å². The van der Waals surface area contributed by atoms with Gasteiger partial charge >= 0.3 is 0 Å². The molecule has 0 aliphatic carbocycles.